The van der Waals surface area contributed by atoms with Crippen LogP contribution in [0, 0.1) is 10.1 Å². The highest BCUT2D eigenvalue weighted by Gasteiger charge is 2.18. The second-order valence-electron chi connectivity index (χ2n) is 3.72. The molecule has 0 aromatic carbocycles. The van der Waals surface area contributed by atoms with Crippen LogP contribution in [0.25, 0.3) is 0 Å². The summed E-state index contributed by atoms with van der Waals surface area (Å²) in [5.41, 5.74) is 2.14. The SMILES string of the molecule is O=[N+]([O-])c1cc2c(nc1Br)CCCCC2. The van der Waals surface area contributed by atoms with Crippen molar-refractivity contribution in [2.24, 2.45) is 0 Å². The van der Waals surface area contributed by atoms with Crippen LogP contribution in [-0.4, -0.2) is 9.91 Å². The average molecular weight is 271 g/mol. The van der Waals surface area contributed by atoms with Crippen LogP contribution in [0.15, 0.2) is 10.7 Å². The highest BCUT2D eigenvalue weighted by Crippen LogP contribution is 2.28. The third kappa shape index (κ3) is 2.17. The van der Waals surface area contributed by atoms with Gasteiger partial charge in [0.2, 0.25) is 0 Å². The lowest BCUT2D eigenvalue weighted by atomic mass is 10.1. The first-order valence-electron chi connectivity index (χ1n) is 5.01. The van der Waals surface area contributed by atoms with Gasteiger partial charge in [-0.2, -0.15) is 0 Å². The molecule has 1 aromatic rings. The summed E-state index contributed by atoms with van der Waals surface area (Å²) in [4.78, 5) is 14.6. The molecule has 0 saturated carbocycles. The zero-order chi connectivity index (χ0) is 10.8. The minimum absolute atomic E-state index is 0.0793. The van der Waals surface area contributed by atoms with Crippen molar-refractivity contribution in [1.82, 2.24) is 4.98 Å². The van der Waals surface area contributed by atoms with Crippen LogP contribution >= 0.6 is 15.9 Å². The lowest BCUT2D eigenvalue weighted by Gasteiger charge is -2.05. The van der Waals surface area contributed by atoms with Crippen molar-refractivity contribution < 1.29 is 4.92 Å². The minimum atomic E-state index is -0.387. The van der Waals surface area contributed by atoms with Crippen LogP contribution < -0.4 is 0 Å². The average Bonchev–Trinajstić information content (AvgIpc) is 2.40. The molecule has 0 N–H and O–H groups in total. The molecule has 0 amide bonds. The number of halogens is 1. The van der Waals surface area contributed by atoms with Gasteiger partial charge in [0, 0.05) is 11.8 Å². The molecule has 1 aromatic heterocycles. The largest absolute Gasteiger partial charge is 0.302 e. The maximum Gasteiger partial charge on any atom is 0.302 e. The molecule has 15 heavy (non-hydrogen) atoms. The second kappa shape index (κ2) is 4.26. The standard InChI is InChI=1S/C10H11BrN2O2/c11-10-9(13(14)15)6-7-4-2-1-3-5-8(7)12-10/h6H,1-5H2. The summed E-state index contributed by atoms with van der Waals surface area (Å²) in [5.74, 6) is 0. The molecule has 80 valence electrons. The molecule has 0 spiro atoms. The van der Waals surface area contributed by atoms with Crippen molar-refractivity contribution in [3.05, 3.63) is 32.0 Å². The third-order valence-electron chi connectivity index (χ3n) is 2.68. The van der Waals surface area contributed by atoms with E-state index in [1.54, 1.807) is 6.07 Å². The van der Waals surface area contributed by atoms with Gasteiger partial charge in [-0.3, -0.25) is 10.1 Å². The molecule has 1 aliphatic rings. The van der Waals surface area contributed by atoms with Crippen molar-refractivity contribution in [2.45, 2.75) is 32.1 Å². The number of nitro groups is 1. The lowest BCUT2D eigenvalue weighted by molar-refractivity contribution is -0.386. The van der Waals surface area contributed by atoms with E-state index in [9.17, 15) is 10.1 Å². The van der Waals surface area contributed by atoms with Gasteiger partial charge in [0.15, 0.2) is 4.60 Å². The zero-order valence-corrected chi connectivity index (χ0v) is 9.79. The minimum Gasteiger partial charge on any atom is -0.258 e. The summed E-state index contributed by atoms with van der Waals surface area (Å²) < 4.78 is 0.355. The van der Waals surface area contributed by atoms with Gasteiger partial charge in [0.05, 0.1) is 4.92 Å². The molecule has 1 aliphatic carbocycles. The van der Waals surface area contributed by atoms with E-state index < -0.39 is 0 Å². The molecule has 0 bridgehead atoms. The van der Waals surface area contributed by atoms with Crippen molar-refractivity contribution in [3.8, 4) is 0 Å². The smallest absolute Gasteiger partial charge is 0.258 e. The fraction of sp³-hybridized carbons (Fsp3) is 0.500. The third-order valence-corrected chi connectivity index (χ3v) is 3.27. The van der Waals surface area contributed by atoms with Crippen LogP contribution in [0.5, 0.6) is 0 Å². The van der Waals surface area contributed by atoms with Crippen molar-refractivity contribution in [3.63, 3.8) is 0 Å². The normalized spacial score (nSPS) is 15.5. The summed E-state index contributed by atoms with van der Waals surface area (Å²) in [5, 5.41) is 10.7. The van der Waals surface area contributed by atoms with Crippen LogP contribution in [-0.2, 0) is 12.8 Å². The number of nitrogens with zero attached hydrogens (tertiary/aromatic N) is 2. The van der Waals surface area contributed by atoms with E-state index in [1.807, 2.05) is 0 Å². The number of aryl methyl sites for hydroxylation is 2. The maximum atomic E-state index is 10.7. The van der Waals surface area contributed by atoms with Crippen LogP contribution in [0.4, 0.5) is 5.69 Å². The molecule has 0 aliphatic heterocycles. The Bertz CT molecular complexity index is 407. The highest BCUT2D eigenvalue weighted by atomic mass is 79.9. The number of aromatic nitrogens is 1. The van der Waals surface area contributed by atoms with E-state index in [4.69, 9.17) is 0 Å². The molecular formula is C10H11BrN2O2. The van der Waals surface area contributed by atoms with Gasteiger partial charge in [-0.15, -0.1) is 0 Å². The monoisotopic (exact) mass is 270 g/mol. The van der Waals surface area contributed by atoms with Gasteiger partial charge < -0.3 is 0 Å². The molecular weight excluding hydrogens is 260 g/mol. The first kappa shape index (κ1) is 10.5. The van der Waals surface area contributed by atoms with E-state index >= 15 is 0 Å². The van der Waals surface area contributed by atoms with Crippen LogP contribution in [0.2, 0.25) is 0 Å². The Kier molecular flexibility index (Phi) is 3.00. The van der Waals surface area contributed by atoms with E-state index in [0.29, 0.717) is 4.60 Å². The Morgan fingerprint density at radius 1 is 1.33 bits per heavy atom. The zero-order valence-electron chi connectivity index (χ0n) is 8.20. The summed E-state index contributed by atoms with van der Waals surface area (Å²) >= 11 is 3.15. The number of hydrogen-bond donors (Lipinski definition) is 0. The van der Waals surface area contributed by atoms with Gasteiger partial charge >= 0.3 is 5.69 Å². The first-order chi connectivity index (χ1) is 7.18. The first-order valence-corrected chi connectivity index (χ1v) is 5.80. The Morgan fingerprint density at radius 3 is 2.80 bits per heavy atom. The van der Waals surface area contributed by atoms with Crippen LogP contribution in [0.3, 0.4) is 0 Å². The summed E-state index contributed by atoms with van der Waals surface area (Å²) in [6.07, 6.45) is 5.27. The van der Waals surface area contributed by atoms with Gasteiger partial charge in [-0.1, -0.05) is 6.42 Å². The Morgan fingerprint density at radius 2 is 2.07 bits per heavy atom. The molecule has 0 atom stereocenters. The quantitative estimate of drug-likeness (QED) is 0.341. The maximum absolute atomic E-state index is 10.7. The predicted octanol–water partition coefficient (Wildman–Crippen LogP) is 3.02. The number of hydrogen-bond acceptors (Lipinski definition) is 3. The lowest BCUT2D eigenvalue weighted by Crippen LogP contribution is -2.00. The van der Waals surface area contributed by atoms with E-state index in [0.717, 1.165) is 36.9 Å². The van der Waals surface area contributed by atoms with Crippen molar-refractivity contribution in [2.75, 3.05) is 0 Å². The fourth-order valence-electron chi connectivity index (χ4n) is 1.90. The summed E-state index contributed by atoms with van der Waals surface area (Å²) in [6.45, 7) is 0. The molecule has 5 heteroatoms. The fourth-order valence-corrected chi connectivity index (χ4v) is 2.37. The van der Waals surface area contributed by atoms with E-state index in [2.05, 4.69) is 20.9 Å². The Balaban J connectivity index is 2.47. The predicted molar refractivity (Wildman–Crippen MR) is 59.9 cm³/mol. The Labute approximate surface area is 96.0 Å². The molecule has 0 unspecified atom stereocenters. The van der Waals surface area contributed by atoms with Crippen molar-refractivity contribution >= 4 is 21.6 Å². The van der Waals surface area contributed by atoms with Gasteiger partial charge in [-0.25, -0.2) is 4.98 Å². The number of rotatable bonds is 1. The summed E-state index contributed by atoms with van der Waals surface area (Å²) in [7, 11) is 0. The van der Waals surface area contributed by atoms with Crippen molar-refractivity contribution in [1.29, 1.82) is 0 Å². The van der Waals surface area contributed by atoms with Gasteiger partial charge in [-0.05, 0) is 47.2 Å². The molecule has 2 rings (SSSR count). The van der Waals surface area contributed by atoms with E-state index in [1.165, 1.54) is 6.42 Å². The summed E-state index contributed by atoms with van der Waals surface area (Å²) in [6, 6.07) is 1.66. The van der Waals surface area contributed by atoms with Crippen LogP contribution in [0.1, 0.15) is 30.5 Å². The molecule has 0 fully saturated rings. The Hall–Kier alpha value is -0.970. The van der Waals surface area contributed by atoms with E-state index in [-0.39, 0.29) is 10.6 Å². The van der Waals surface area contributed by atoms with Gasteiger partial charge in [0.1, 0.15) is 0 Å². The second-order valence-corrected chi connectivity index (χ2v) is 4.47. The topological polar surface area (TPSA) is 56.0 Å². The molecule has 4 nitrogen and oxygen atoms in total. The highest BCUT2D eigenvalue weighted by molar-refractivity contribution is 9.10. The van der Waals surface area contributed by atoms with Gasteiger partial charge in [0.25, 0.3) is 0 Å². The molecule has 0 radical (unpaired) electrons. The molecule has 0 saturated heterocycles. The molecule has 1 heterocycles. The number of pyridine rings is 1. The number of fused-ring (bicyclic) bond motifs is 1.